The molecule has 0 atom stereocenters. The Morgan fingerprint density at radius 1 is 0.176 bits per heavy atom. The van der Waals surface area contributed by atoms with Gasteiger partial charge in [0.2, 0.25) is 0 Å². The predicted octanol–water partition coefficient (Wildman–Crippen LogP) is 25.4. The van der Waals surface area contributed by atoms with Gasteiger partial charge in [-0.05, 0) is 134 Å². The van der Waals surface area contributed by atoms with E-state index in [1.807, 2.05) is 24.3 Å². The summed E-state index contributed by atoms with van der Waals surface area (Å²) >= 11 is 0. The van der Waals surface area contributed by atoms with Crippen LogP contribution in [-0.4, -0.2) is 29.9 Å². The molecule has 2 aliphatic rings. The molecule has 0 bridgehead atoms. The molecule has 0 saturated heterocycles. The molecule has 6 heteroatoms. The van der Waals surface area contributed by atoms with Crippen LogP contribution in [-0.2, 0) is 10.8 Å². The van der Waals surface area contributed by atoms with Crippen molar-refractivity contribution in [2.45, 2.75) is 24.7 Å². The van der Waals surface area contributed by atoms with Gasteiger partial charge < -0.3 is 0 Å². The van der Waals surface area contributed by atoms with Crippen molar-refractivity contribution in [1.29, 1.82) is 0 Å². The van der Waals surface area contributed by atoms with Crippen LogP contribution in [0.15, 0.2) is 388 Å². The van der Waals surface area contributed by atoms with Gasteiger partial charge in [0.05, 0.1) is 5.41 Å². The van der Waals surface area contributed by atoms with E-state index in [2.05, 4.69) is 378 Å². The lowest BCUT2D eigenvalue weighted by molar-refractivity contribution is 0.660. The van der Waals surface area contributed by atoms with Gasteiger partial charge in [-0.25, -0.2) is 29.9 Å². The monoisotopic (exact) mass is 1380 g/mol. The lowest BCUT2D eigenvalue weighted by Gasteiger charge is -2.34. The molecule has 108 heavy (non-hydrogen) atoms. The molecule has 508 valence electrons. The van der Waals surface area contributed by atoms with E-state index in [1.165, 1.54) is 61.2 Å². The minimum Gasteiger partial charge on any atom is -0.208 e. The van der Waals surface area contributed by atoms with Crippen LogP contribution in [0, 0.1) is 0 Å². The molecule has 2 aromatic heterocycles. The Balaban J connectivity index is 0.000000148. The maximum atomic E-state index is 5.18. The molecular weight excluding hydrogens is 1310 g/mol. The molecule has 6 nitrogen and oxygen atoms in total. The average Bonchev–Trinajstić information content (AvgIpc) is 1.54. The number of aromatic nitrogens is 6. The summed E-state index contributed by atoms with van der Waals surface area (Å²) in [5.41, 5.74) is 27.4. The zero-order chi connectivity index (χ0) is 72.1. The summed E-state index contributed by atoms with van der Waals surface area (Å²) in [6.45, 7) is 4.64. The molecule has 20 rings (SSSR count). The first kappa shape index (κ1) is 64.9. The summed E-state index contributed by atoms with van der Waals surface area (Å²) in [6, 6.07) is 138. The molecule has 0 unspecified atom stereocenters. The number of fused-ring (bicyclic) bond motifs is 8. The third-order valence-electron chi connectivity index (χ3n) is 21.8. The van der Waals surface area contributed by atoms with Crippen molar-refractivity contribution in [3.63, 3.8) is 0 Å². The molecule has 0 fully saturated rings. The molecule has 0 spiro atoms. The quantitative estimate of drug-likeness (QED) is 0.121. The fourth-order valence-electron chi connectivity index (χ4n) is 16.6. The fourth-order valence-corrected chi connectivity index (χ4v) is 16.6. The lowest BCUT2D eigenvalue weighted by atomic mass is 9.67. The number of nitrogens with zero attached hydrogens (tertiary/aromatic N) is 6. The van der Waals surface area contributed by atoms with Gasteiger partial charge in [0.1, 0.15) is 0 Å². The number of benzene rings is 16. The highest BCUT2D eigenvalue weighted by Gasteiger charge is 2.46. The molecule has 0 radical (unpaired) electrons. The summed E-state index contributed by atoms with van der Waals surface area (Å²) in [5.74, 6) is 3.86. The Morgan fingerprint density at radius 3 is 0.981 bits per heavy atom. The Labute approximate surface area is 628 Å². The van der Waals surface area contributed by atoms with Gasteiger partial charge in [-0.2, -0.15) is 0 Å². The van der Waals surface area contributed by atoms with Crippen molar-refractivity contribution in [2.75, 3.05) is 0 Å². The first-order valence-corrected chi connectivity index (χ1v) is 36.9. The van der Waals surface area contributed by atoms with Crippen LogP contribution >= 0.6 is 0 Å². The predicted molar refractivity (Wildman–Crippen MR) is 444 cm³/mol. The Hall–Kier alpha value is -13.9. The first-order valence-electron chi connectivity index (χ1n) is 36.9. The van der Waals surface area contributed by atoms with E-state index in [4.69, 9.17) is 29.9 Å². The molecule has 2 heterocycles. The smallest absolute Gasteiger partial charge is 0.164 e. The largest absolute Gasteiger partial charge is 0.208 e. The third-order valence-corrected chi connectivity index (χ3v) is 21.8. The molecule has 0 aliphatic heterocycles. The van der Waals surface area contributed by atoms with Crippen LogP contribution in [0.2, 0.25) is 0 Å². The van der Waals surface area contributed by atoms with Crippen molar-refractivity contribution in [3.05, 3.63) is 422 Å². The van der Waals surface area contributed by atoms with E-state index < -0.39 is 5.41 Å². The minimum atomic E-state index is -0.453. The Kier molecular flexibility index (Phi) is 16.4. The second-order valence-electron chi connectivity index (χ2n) is 28.4. The maximum Gasteiger partial charge on any atom is 0.164 e. The van der Waals surface area contributed by atoms with Crippen LogP contribution in [0.1, 0.15) is 47.2 Å². The van der Waals surface area contributed by atoms with Crippen molar-refractivity contribution in [1.82, 2.24) is 29.9 Å². The van der Waals surface area contributed by atoms with Crippen molar-refractivity contribution >= 4 is 21.5 Å². The van der Waals surface area contributed by atoms with Gasteiger partial charge in [0.15, 0.2) is 34.9 Å². The summed E-state index contributed by atoms with van der Waals surface area (Å²) in [6.07, 6.45) is 0. The van der Waals surface area contributed by atoms with Gasteiger partial charge in [-0.15, -0.1) is 0 Å². The van der Waals surface area contributed by atoms with E-state index in [9.17, 15) is 0 Å². The van der Waals surface area contributed by atoms with Gasteiger partial charge in [-0.3, -0.25) is 0 Å². The van der Waals surface area contributed by atoms with Crippen LogP contribution in [0.5, 0.6) is 0 Å². The number of rotatable bonds is 12. The zero-order valence-electron chi connectivity index (χ0n) is 59.6. The molecule has 18 aromatic rings. The molecule has 2 aliphatic carbocycles. The summed E-state index contributed by atoms with van der Waals surface area (Å²) in [5, 5.41) is 4.51. The summed E-state index contributed by atoms with van der Waals surface area (Å²) in [4.78, 5) is 31.0. The highest BCUT2D eigenvalue weighted by Crippen LogP contribution is 2.57. The third kappa shape index (κ3) is 11.5. The summed E-state index contributed by atoms with van der Waals surface area (Å²) in [7, 11) is 0. The second-order valence-corrected chi connectivity index (χ2v) is 28.4. The standard InChI is InChI=1S/C54H35N3.C48H35N3/c1-3-19-41(20-4-1)54(42-21-5-2-6-22-42)49-28-12-11-25-45(49)46-34-33-40(35-50(46)54)36-29-31-39(32-30-36)51-55-52(47-26-13-17-37-15-7-9-23-43(37)47)57-53(56-51)48-27-14-18-38-16-8-10-24-44(38)48;1-48(2)43-24-14-13-21-39(43)42-31-36(29-30-44(42)48)32-25-27-35(28-26-32)45-49-46(40-22-11-9-19-37(40)33-15-5-3-6-16-33)51-47(50-45)41-23-12-10-20-38(41)34-17-7-4-8-18-34/h1-35H;3-31H,1-2H3. The SMILES string of the molecule is CC1(C)c2ccccc2-c2cc(-c3ccc(-c4nc(-c5ccccc5-c5ccccc5)nc(-c5ccccc5-c5ccccc5)n4)cc3)ccc21.c1ccc(C2(c3ccccc3)c3ccccc3-c3ccc(-c4ccc(-c5nc(-c6cccc7ccccc67)nc(-c6cccc7ccccc67)n5)cc4)cc32)cc1. The fraction of sp³-hybridized carbons (Fsp3) is 0.0392. The molecular formula is C102H70N6. The molecule has 0 saturated carbocycles. The molecule has 16 aromatic carbocycles. The number of hydrogen-bond donors (Lipinski definition) is 0. The van der Waals surface area contributed by atoms with Gasteiger partial charge >= 0.3 is 0 Å². The molecule has 0 N–H and O–H groups in total. The lowest BCUT2D eigenvalue weighted by Crippen LogP contribution is -2.28. The topological polar surface area (TPSA) is 77.3 Å². The van der Waals surface area contributed by atoms with Crippen LogP contribution in [0.3, 0.4) is 0 Å². The van der Waals surface area contributed by atoms with Gasteiger partial charge in [0, 0.05) is 38.8 Å². The molecule has 0 amide bonds. The van der Waals surface area contributed by atoms with Crippen LogP contribution < -0.4 is 0 Å². The van der Waals surface area contributed by atoms with E-state index in [0.29, 0.717) is 34.9 Å². The highest BCUT2D eigenvalue weighted by molar-refractivity contribution is 5.98. The maximum absolute atomic E-state index is 5.18. The number of hydrogen-bond acceptors (Lipinski definition) is 6. The highest BCUT2D eigenvalue weighted by atomic mass is 15.0. The normalized spacial score (nSPS) is 12.7. The van der Waals surface area contributed by atoms with E-state index in [0.717, 1.165) is 93.9 Å². The van der Waals surface area contributed by atoms with E-state index in [-0.39, 0.29) is 5.41 Å². The van der Waals surface area contributed by atoms with E-state index in [1.54, 1.807) is 0 Å². The minimum absolute atomic E-state index is 0.0132. The Bertz CT molecular complexity index is 6190. The second kappa shape index (κ2) is 27.3. The first-order chi connectivity index (χ1) is 53.3. The summed E-state index contributed by atoms with van der Waals surface area (Å²) < 4.78 is 0. The van der Waals surface area contributed by atoms with Gasteiger partial charge in [0.25, 0.3) is 0 Å². The van der Waals surface area contributed by atoms with Crippen molar-refractivity contribution in [3.8, 4) is 135 Å². The average molecular weight is 1380 g/mol. The zero-order valence-corrected chi connectivity index (χ0v) is 59.6. The van der Waals surface area contributed by atoms with Gasteiger partial charge in [-0.1, -0.05) is 390 Å². The van der Waals surface area contributed by atoms with Crippen molar-refractivity contribution < 1.29 is 0 Å². The van der Waals surface area contributed by atoms with Crippen molar-refractivity contribution in [2.24, 2.45) is 0 Å². The Morgan fingerprint density at radius 2 is 0.491 bits per heavy atom. The van der Waals surface area contributed by atoms with Crippen LogP contribution in [0.4, 0.5) is 0 Å². The van der Waals surface area contributed by atoms with E-state index >= 15 is 0 Å². The van der Waals surface area contributed by atoms with Crippen LogP contribution in [0.25, 0.3) is 157 Å².